The monoisotopic (exact) mass is 309 g/mol. The van der Waals surface area contributed by atoms with Crippen molar-refractivity contribution in [1.82, 2.24) is 15.0 Å². The van der Waals surface area contributed by atoms with Crippen LogP contribution in [0.1, 0.15) is 10.4 Å². The van der Waals surface area contributed by atoms with Gasteiger partial charge in [-0.25, -0.2) is 14.8 Å². The standard InChI is InChI=1S/C10H7N5O5S/c11-6-2-7(16)14-10(13-6)21-8-5(15(19)20)1-4(3-12-8)9(17)18/h1-3H,(H,17,18)(H3,11,13,14,16). The number of pyridine rings is 1. The molecule has 2 aromatic heterocycles. The SMILES string of the molecule is Nc1cc(=O)[nH]c(Sc2ncc(C(=O)O)cc2[N+](=O)[O-])n1. The number of rotatable bonds is 4. The number of H-pyrrole nitrogens is 1. The van der Waals surface area contributed by atoms with E-state index in [1.54, 1.807) is 0 Å². The molecule has 11 heteroatoms. The third kappa shape index (κ3) is 3.33. The molecule has 0 saturated carbocycles. The van der Waals surface area contributed by atoms with Gasteiger partial charge in [0.2, 0.25) is 0 Å². The Kier molecular flexibility index (Phi) is 3.84. The van der Waals surface area contributed by atoms with Crippen molar-refractivity contribution in [2.45, 2.75) is 10.2 Å². The van der Waals surface area contributed by atoms with Crippen molar-refractivity contribution in [3.05, 3.63) is 44.4 Å². The molecule has 2 rings (SSSR count). The fourth-order valence-electron chi connectivity index (χ4n) is 1.36. The van der Waals surface area contributed by atoms with Gasteiger partial charge in [-0.15, -0.1) is 0 Å². The number of nitro groups is 1. The van der Waals surface area contributed by atoms with Gasteiger partial charge in [-0.1, -0.05) is 0 Å². The number of carboxylic acid groups (broad SMARTS) is 1. The predicted octanol–water partition coefficient (Wildman–Crippen LogP) is 0.505. The zero-order valence-electron chi connectivity index (χ0n) is 10.1. The minimum atomic E-state index is -1.34. The van der Waals surface area contributed by atoms with E-state index in [4.69, 9.17) is 10.8 Å². The maximum absolute atomic E-state index is 11.2. The number of aromatic nitrogens is 3. The second-order valence-electron chi connectivity index (χ2n) is 3.69. The number of aromatic carboxylic acids is 1. The third-order valence-electron chi connectivity index (χ3n) is 2.21. The van der Waals surface area contributed by atoms with Crippen LogP contribution < -0.4 is 11.3 Å². The summed E-state index contributed by atoms with van der Waals surface area (Å²) in [5.74, 6) is -1.39. The van der Waals surface area contributed by atoms with Crippen molar-refractivity contribution in [3.63, 3.8) is 0 Å². The quantitative estimate of drug-likeness (QED) is 0.414. The van der Waals surface area contributed by atoms with Gasteiger partial charge in [-0.3, -0.25) is 14.9 Å². The lowest BCUT2D eigenvalue weighted by Gasteiger charge is -2.03. The van der Waals surface area contributed by atoms with Crippen molar-refractivity contribution in [1.29, 1.82) is 0 Å². The Hall–Kier alpha value is -2.95. The minimum absolute atomic E-state index is 0.0127. The second kappa shape index (κ2) is 5.58. The van der Waals surface area contributed by atoms with Crippen molar-refractivity contribution in [2.24, 2.45) is 0 Å². The number of nitrogen functional groups attached to an aromatic ring is 1. The summed E-state index contributed by atoms with van der Waals surface area (Å²) in [4.78, 5) is 42.1. The average Bonchev–Trinajstić information content (AvgIpc) is 2.37. The highest BCUT2D eigenvalue weighted by atomic mass is 32.2. The molecular formula is C10H7N5O5S. The lowest BCUT2D eigenvalue weighted by Crippen LogP contribution is -2.09. The van der Waals surface area contributed by atoms with E-state index in [0.29, 0.717) is 11.8 Å². The molecule has 2 aromatic rings. The summed E-state index contributed by atoms with van der Waals surface area (Å²) in [6.07, 6.45) is 0.974. The number of aromatic amines is 1. The number of anilines is 1. The lowest BCUT2D eigenvalue weighted by molar-refractivity contribution is -0.388. The fraction of sp³-hybridized carbons (Fsp3) is 0. The minimum Gasteiger partial charge on any atom is -0.478 e. The maximum Gasteiger partial charge on any atom is 0.337 e. The first-order valence-electron chi connectivity index (χ1n) is 5.29. The average molecular weight is 309 g/mol. The van der Waals surface area contributed by atoms with Gasteiger partial charge >= 0.3 is 11.7 Å². The van der Waals surface area contributed by atoms with Crippen LogP contribution in [0.25, 0.3) is 0 Å². The van der Waals surface area contributed by atoms with E-state index < -0.39 is 22.1 Å². The van der Waals surface area contributed by atoms with E-state index in [1.807, 2.05) is 0 Å². The molecule has 0 spiro atoms. The zero-order chi connectivity index (χ0) is 15.6. The summed E-state index contributed by atoms with van der Waals surface area (Å²) < 4.78 is 0. The van der Waals surface area contributed by atoms with Crippen LogP contribution in [0.15, 0.2) is 33.3 Å². The van der Waals surface area contributed by atoms with E-state index in [0.717, 1.165) is 18.3 Å². The first-order chi connectivity index (χ1) is 9.86. The number of hydrogen-bond acceptors (Lipinski definition) is 8. The van der Waals surface area contributed by atoms with Crippen LogP contribution in [0.3, 0.4) is 0 Å². The molecule has 0 aliphatic heterocycles. The Bertz CT molecular complexity index is 790. The number of nitrogens with zero attached hydrogens (tertiary/aromatic N) is 3. The molecule has 0 bridgehead atoms. The van der Waals surface area contributed by atoms with Crippen molar-refractivity contribution in [3.8, 4) is 0 Å². The fourth-order valence-corrected chi connectivity index (χ4v) is 2.19. The first kappa shape index (κ1) is 14.5. The van der Waals surface area contributed by atoms with Crippen molar-refractivity contribution >= 4 is 29.2 Å². The Morgan fingerprint density at radius 1 is 1.48 bits per heavy atom. The molecule has 21 heavy (non-hydrogen) atoms. The smallest absolute Gasteiger partial charge is 0.337 e. The van der Waals surface area contributed by atoms with Crippen molar-refractivity contribution < 1.29 is 14.8 Å². The highest BCUT2D eigenvalue weighted by Crippen LogP contribution is 2.31. The third-order valence-corrected chi connectivity index (χ3v) is 3.10. The van der Waals surface area contributed by atoms with Crippen LogP contribution in [0.4, 0.5) is 11.5 Å². The van der Waals surface area contributed by atoms with Gasteiger partial charge in [0, 0.05) is 18.3 Å². The van der Waals surface area contributed by atoms with Gasteiger partial charge in [0.05, 0.1) is 10.5 Å². The van der Waals surface area contributed by atoms with Gasteiger partial charge in [0.15, 0.2) is 10.2 Å². The maximum atomic E-state index is 11.2. The number of hydrogen-bond donors (Lipinski definition) is 3. The molecule has 0 amide bonds. The summed E-state index contributed by atoms with van der Waals surface area (Å²) in [7, 11) is 0. The predicted molar refractivity (Wildman–Crippen MR) is 71.2 cm³/mol. The second-order valence-corrected chi connectivity index (χ2v) is 4.67. The molecule has 0 fully saturated rings. The Labute approximate surface area is 120 Å². The highest BCUT2D eigenvalue weighted by molar-refractivity contribution is 7.99. The molecule has 2 heterocycles. The summed E-state index contributed by atoms with van der Waals surface area (Å²) >= 11 is 0.699. The molecule has 0 radical (unpaired) electrons. The normalized spacial score (nSPS) is 10.3. The number of nitrogens with one attached hydrogen (secondary N) is 1. The van der Waals surface area contributed by atoms with E-state index in [1.165, 1.54) is 0 Å². The highest BCUT2D eigenvalue weighted by Gasteiger charge is 2.20. The van der Waals surface area contributed by atoms with Gasteiger partial charge in [0.1, 0.15) is 5.82 Å². The van der Waals surface area contributed by atoms with Gasteiger partial charge in [-0.05, 0) is 11.8 Å². The summed E-state index contributed by atoms with van der Waals surface area (Å²) in [5, 5.41) is 19.7. The Morgan fingerprint density at radius 2 is 2.19 bits per heavy atom. The molecule has 0 unspecified atom stereocenters. The topological polar surface area (TPSA) is 165 Å². The molecule has 10 nitrogen and oxygen atoms in total. The summed E-state index contributed by atoms with van der Waals surface area (Å²) in [6, 6.07) is 1.93. The summed E-state index contributed by atoms with van der Waals surface area (Å²) in [5.41, 5.74) is 4.05. The molecule has 0 atom stereocenters. The molecule has 0 aliphatic carbocycles. The number of carbonyl (C=O) groups is 1. The number of nitrogens with two attached hydrogens (primary N) is 1. The lowest BCUT2D eigenvalue weighted by atomic mass is 10.3. The van der Waals surface area contributed by atoms with E-state index in [-0.39, 0.29) is 21.6 Å². The largest absolute Gasteiger partial charge is 0.478 e. The van der Waals surface area contributed by atoms with E-state index in [9.17, 15) is 19.7 Å². The molecular weight excluding hydrogens is 302 g/mol. The Morgan fingerprint density at radius 3 is 2.76 bits per heavy atom. The summed E-state index contributed by atoms with van der Waals surface area (Å²) in [6.45, 7) is 0. The van der Waals surface area contributed by atoms with Crippen LogP contribution in [-0.4, -0.2) is 31.0 Å². The van der Waals surface area contributed by atoms with Gasteiger partial charge < -0.3 is 15.8 Å². The van der Waals surface area contributed by atoms with Crippen LogP contribution in [-0.2, 0) is 0 Å². The Balaban J connectivity index is 2.46. The van der Waals surface area contributed by atoms with Crippen LogP contribution in [0, 0.1) is 10.1 Å². The molecule has 0 aliphatic rings. The first-order valence-corrected chi connectivity index (χ1v) is 6.11. The van der Waals surface area contributed by atoms with Crippen LogP contribution in [0.2, 0.25) is 0 Å². The molecule has 0 aromatic carbocycles. The van der Waals surface area contributed by atoms with Crippen LogP contribution in [0.5, 0.6) is 0 Å². The van der Waals surface area contributed by atoms with Crippen LogP contribution >= 0.6 is 11.8 Å². The van der Waals surface area contributed by atoms with Gasteiger partial charge in [0.25, 0.3) is 5.56 Å². The van der Waals surface area contributed by atoms with E-state index in [2.05, 4.69) is 15.0 Å². The van der Waals surface area contributed by atoms with Crippen molar-refractivity contribution in [2.75, 3.05) is 5.73 Å². The van der Waals surface area contributed by atoms with Gasteiger partial charge in [-0.2, -0.15) is 0 Å². The number of carboxylic acids is 1. The van der Waals surface area contributed by atoms with E-state index >= 15 is 0 Å². The zero-order valence-corrected chi connectivity index (χ0v) is 11.0. The molecule has 108 valence electrons. The molecule has 4 N–H and O–H groups in total. The molecule has 0 saturated heterocycles.